The monoisotopic (exact) mass is 311 g/mol. The highest BCUT2D eigenvalue weighted by Crippen LogP contribution is 2.14. The van der Waals surface area contributed by atoms with Gasteiger partial charge in [-0.1, -0.05) is 6.07 Å². The first kappa shape index (κ1) is 13.5. The zero-order valence-electron chi connectivity index (χ0n) is 10.3. The fraction of sp³-hybridized carbons (Fsp3) is 0.538. The van der Waals surface area contributed by atoms with Gasteiger partial charge in [0.1, 0.15) is 10.3 Å². The molecule has 2 heterocycles. The predicted octanol–water partition coefficient (Wildman–Crippen LogP) is 1.96. The fourth-order valence-corrected chi connectivity index (χ4v) is 2.53. The van der Waals surface area contributed by atoms with Gasteiger partial charge in [0.15, 0.2) is 0 Å². The molecule has 1 aromatic rings. The number of piperidine rings is 1. The maximum atomic E-state index is 11.8. The third-order valence-electron chi connectivity index (χ3n) is 3.24. The van der Waals surface area contributed by atoms with Crippen molar-refractivity contribution in [2.24, 2.45) is 5.92 Å². The Kier molecular flexibility index (Phi) is 5.13. The van der Waals surface area contributed by atoms with E-state index in [-0.39, 0.29) is 5.91 Å². The SMILES string of the molecule is O=C(NCCC1CCNCC1)c1cccc(Br)n1. The summed E-state index contributed by atoms with van der Waals surface area (Å²) in [6, 6.07) is 5.36. The van der Waals surface area contributed by atoms with E-state index in [1.807, 2.05) is 12.1 Å². The summed E-state index contributed by atoms with van der Waals surface area (Å²) < 4.78 is 0.688. The Morgan fingerprint density at radius 2 is 2.22 bits per heavy atom. The highest BCUT2D eigenvalue weighted by Gasteiger charge is 2.13. The van der Waals surface area contributed by atoms with Gasteiger partial charge in [0.2, 0.25) is 0 Å². The molecule has 5 heteroatoms. The lowest BCUT2D eigenvalue weighted by molar-refractivity contribution is 0.0945. The van der Waals surface area contributed by atoms with Crippen LogP contribution in [-0.2, 0) is 0 Å². The van der Waals surface area contributed by atoms with Crippen LogP contribution >= 0.6 is 15.9 Å². The van der Waals surface area contributed by atoms with E-state index in [1.54, 1.807) is 6.07 Å². The van der Waals surface area contributed by atoms with Crippen LogP contribution < -0.4 is 10.6 Å². The summed E-state index contributed by atoms with van der Waals surface area (Å²) in [7, 11) is 0. The van der Waals surface area contributed by atoms with Gasteiger partial charge >= 0.3 is 0 Å². The molecule has 0 spiro atoms. The van der Waals surface area contributed by atoms with Crippen molar-refractivity contribution >= 4 is 21.8 Å². The minimum absolute atomic E-state index is 0.0924. The highest BCUT2D eigenvalue weighted by atomic mass is 79.9. The molecule has 0 aromatic carbocycles. The number of carbonyl (C=O) groups is 1. The topological polar surface area (TPSA) is 54.0 Å². The second kappa shape index (κ2) is 6.85. The number of hydrogen-bond donors (Lipinski definition) is 2. The first-order valence-corrected chi connectivity index (χ1v) is 7.16. The Labute approximate surface area is 116 Å². The van der Waals surface area contributed by atoms with Crippen LogP contribution in [0.15, 0.2) is 22.8 Å². The molecule has 98 valence electrons. The molecule has 0 aliphatic carbocycles. The summed E-state index contributed by atoms with van der Waals surface area (Å²) in [5.41, 5.74) is 0.467. The van der Waals surface area contributed by atoms with Gasteiger partial charge in [0, 0.05) is 6.54 Å². The molecular weight excluding hydrogens is 294 g/mol. The van der Waals surface area contributed by atoms with E-state index in [9.17, 15) is 4.79 Å². The quantitative estimate of drug-likeness (QED) is 0.836. The molecule has 1 fully saturated rings. The molecule has 1 aliphatic rings. The van der Waals surface area contributed by atoms with Crippen LogP contribution in [-0.4, -0.2) is 30.5 Å². The number of nitrogens with one attached hydrogen (secondary N) is 2. The second-order valence-electron chi connectivity index (χ2n) is 4.58. The molecule has 2 rings (SSSR count). The second-order valence-corrected chi connectivity index (χ2v) is 5.40. The van der Waals surface area contributed by atoms with Gasteiger partial charge < -0.3 is 10.6 Å². The van der Waals surface area contributed by atoms with Crippen LogP contribution in [0.3, 0.4) is 0 Å². The first-order valence-electron chi connectivity index (χ1n) is 6.37. The molecule has 0 atom stereocenters. The molecule has 1 aromatic heterocycles. The summed E-state index contributed by atoms with van der Waals surface area (Å²) >= 11 is 3.26. The third kappa shape index (κ3) is 4.07. The van der Waals surface area contributed by atoms with E-state index in [1.165, 1.54) is 12.8 Å². The molecule has 0 unspecified atom stereocenters. The van der Waals surface area contributed by atoms with Gasteiger partial charge in [-0.2, -0.15) is 0 Å². The molecular formula is C13H18BrN3O. The molecule has 1 saturated heterocycles. The first-order chi connectivity index (χ1) is 8.75. The number of nitrogens with zero attached hydrogens (tertiary/aromatic N) is 1. The van der Waals surface area contributed by atoms with Crippen molar-refractivity contribution in [3.05, 3.63) is 28.5 Å². The van der Waals surface area contributed by atoms with Crippen molar-refractivity contribution in [1.29, 1.82) is 0 Å². The van der Waals surface area contributed by atoms with Crippen molar-refractivity contribution in [3.8, 4) is 0 Å². The van der Waals surface area contributed by atoms with Crippen LogP contribution in [0.4, 0.5) is 0 Å². The Morgan fingerprint density at radius 3 is 2.94 bits per heavy atom. The van der Waals surface area contributed by atoms with Gasteiger partial charge in [0.05, 0.1) is 0 Å². The van der Waals surface area contributed by atoms with E-state index in [0.717, 1.165) is 32.0 Å². The smallest absolute Gasteiger partial charge is 0.269 e. The Balaban J connectivity index is 1.74. The zero-order valence-corrected chi connectivity index (χ0v) is 11.9. The van der Waals surface area contributed by atoms with Gasteiger partial charge in [-0.3, -0.25) is 4.79 Å². The number of hydrogen-bond acceptors (Lipinski definition) is 3. The minimum Gasteiger partial charge on any atom is -0.351 e. The van der Waals surface area contributed by atoms with E-state index in [2.05, 4.69) is 31.5 Å². The number of aromatic nitrogens is 1. The van der Waals surface area contributed by atoms with E-state index in [0.29, 0.717) is 10.3 Å². The lowest BCUT2D eigenvalue weighted by Gasteiger charge is -2.22. The molecule has 1 aliphatic heterocycles. The maximum absolute atomic E-state index is 11.8. The summed E-state index contributed by atoms with van der Waals surface area (Å²) in [5, 5.41) is 6.27. The summed E-state index contributed by atoms with van der Waals surface area (Å²) in [4.78, 5) is 16.0. The molecule has 0 bridgehead atoms. The van der Waals surface area contributed by atoms with Crippen molar-refractivity contribution in [2.75, 3.05) is 19.6 Å². The summed E-state index contributed by atoms with van der Waals surface area (Å²) in [5.74, 6) is 0.646. The predicted molar refractivity (Wildman–Crippen MR) is 74.5 cm³/mol. The third-order valence-corrected chi connectivity index (χ3v) is 3.69. The lowest BCUT2D eigenvalue weighted by Crippen LogP contribution is -2.31. The molecule has 0 saturated carbocycles. The van der Waals surface area contributed by atoms with Crippen LogP contribution in [0.2, 0.25) is 0 Å². The Bertz CT molecular complexity index is 405. The van der Waals surface area contributed by atoms with E-state index in [4.69, 9.17) is 0 Å². The average Bonchev–Trinajstić information content (AvgIpc) is 2.40. The van der Waals surface area contributed by atoms with Crippen molar-refractivity contribution in [2.45, 2.75) is 19.3 Å². The average molecular weight is 312 g/mol. The standard InChI is InChI=1S/C13H18BrN3O/c14-12-3-1-2-11(17-12)13(18)16-9-6-10-4-7-15-8-5-10/h1-3,10,15H,4-9H2,(H,16,18). The Hall–Kier alpha value is -0.940. The summed E-state index contributed by atoms with van der Waals surface area (Å²) in [6.45, 7) is 2.94. The normalized spacial score (nSPS) is 16.5. The maximum Gasteiger partial charge on any atom is 0.269 e. The largest absolute Gasteiger partial charge is 0.351 e. The van der Waals surface area contributed by atoms with Crippen molar-refractivity contribution in [3.63, 3.8) is 0 Å². The Morgan fingerprint density at radius 1 is 1.44 bits per heavy atom. The van der Waals surface area contributed by atoms with Crippen molar-refractivity contribution < 1.29 is 4.79 Å². The minimum atomic E-state index is -0.0924. The molecule has 1 amide bonds. The number of amides is 1. The number of rotatable bonds is 4. The molecule has 0 radical (unpaired) electrons. The van der Waals surface area contributed by atoms with Crippen molar-refractivity contribution in [1.82, 2.24) is 15.6 Å². The number of halogens is 1. The lowest BCUT2D eigenvalue weighted by atomic mass is 9.95. The van der Waals surface area contributed by atoms with Crippen LogP contribution in [0.5, 0.6) is 0 Å². The fourth-order valence-electron chi connectivity index (χ4n) is 2.19. The van der Waals surface area contributed by atoms with Crippen LogP contribution in [0, 0.1) is 5.92 Å². The highest BCUT2D eigenvalue weighted by molar-refractivity contribution is 9.10. The van der Waals surface area contributed by atoms with E-state index < -0.39 is 0 Å². The molecule has 4 nitrogen and oxygen atoms in total. The van der Waals surface area contributed by atoms with Gasteiger partial charge in [-0.25, -0.2) is 4.98 Å². The van der Waals surface area contributed by atoms with Gasteiger partial charge in [-0.05, 0) is 66.3 Å². The number of carbonyl (C=O) groups excluding carboxylic acids is 1. The van der Waals surface area contributed by atoms with Gasteiger partial charge in [0.25, 0.3) is 5.91 Å². The van der Waals surface area contributed by atoms with E-state index >= 15 is 0 Å². The zero-order chi connectivity index (χ0) is 12.8. The van der Waals surface area contributed by atoms with Crippen LogP contribution in [0.25, 0.3) is 0 Å². The molecule has 18 heavy (non-hydrogen) atoms. The van der Waals surface area contributed by atoms with Gasteiger partial charge in [-0.15, -0.1) is 0 Å². The summed E-state index contributed by atoms with van der Waals surface area (Å²) in [6.07, 6.45) is 3.48. The number of pyridine rings is 1. The van der Waals surface area contributed by atoms with Crippen LogP contribution in [0.1, 0.15) is 29.8 Å². The molecule has 2 N–H and O–H groups in total.